The summed E-state index contributed by atoms with van der Waals surface area (Å²) in [5, 5.41) is 8.23. The highest BCUT2D eigenvalue weighted by Gasteiger charge is 2.06. The Kier molecular flexibility index (Phi) is 8.46. The third-order valence-electron chi connectivity index (χ3n) is 2.03. The van der Waals surface area contributed by atoms with Crippen LogP contribution >= 0.6 is 0 Å². The Morgan fingerprint density at radius 1 is 1.35 bits per heavy atom. The standard InChI is InChI=1S/C7H8O3S.C6H10O3/c1-6-2-4-7(5-3-6)11(8,9)10;1-2-6(8)9-5-3-4-7/h2-5H,1H3,(H,8,9,10);2,7H,1,3-5H2. The third-order valence-corrected chi connectivity index (χ3v) is 2.90. The lowest BCUT2D eigenvalue weighted by Gasteiger charge is -1.96. The summed E-state index contributed by atoms with van der Waals surface area (Å²) in [6.07, 6.45) is 1.58. The SMILES string of the molecule is C=CC(=O)OCCCO.Cc1ccc(S(=O)(=O)O)cc1. The first-order valence-corrected chi connectivity index (χ1v) is 7.19. The lowest BCUT2D eigenvalue weighted by atomic mass is 10.2. The van der Waals surface area contributed by atoms with Gasteiger partial charge in [-0.2, -0.15) is 8.42 Å². The molecule has 1 aromatic carbocycles. The van der Waals surface area contributed by atoms with Crippen molar-refractivity contribution in [3.63, 3.8) is 0 Å². The molecule has 112 valence electrons. The van der Waals surface area contributed by atoms with E-state index in [4.69, 9.17) is 9.66 Å². The molecule has 0 radical (unpaired) electrons. The number of aryl methyl sites for hydroxylation is 1. The number of hydrogen-bond donors (Lipinski definition) is 2. The van der Waals surface area contributed by atoms with E-state index in [-0.39, 0.29) is 18.1 Å². The number of rotatable bonds is 5. The van der Waals surface area contributed by atoms with E-state index in [2.05, 4.69) is 11.3 Å². The molecule has 0 aliphatic heterocycles. The van der Waals surface area contributed by atoms with E-state index < -0.39 is 16.1 Å². The molecule has 0 amide bonds. The predicted octanol–water partition coefficient (Wildman–Crippen LogP) is 1.34. The predicted molar refractivity (Wildman–Crippen MR) is 73.9 cm³/mol. The number of aliphatic hydroxyl groups excluding tert-OH is 1. The zero-order valence-electron chi connectivity index (χ0n) is 11.2. The second-order valence-electron chi connectivity index (χ2n) is 3.74. The minimum absolute atomic E-state index is 0.0461. The molecule has 7 heteroatoms. The maximum atomic E-state index is 10.5. The topological polar surface area (TPSA) is 101 Å². The molecule has 0 saturated heterocycles. The van der Waals surface area contributed by atoms with Crippen LogP contribution in [0.4, 0.5) is 0 Å². The van der Waals surface area contributed by atoms with Crippen LogP contribution in [-0.2, 0) is 19.6 Å². The summed E-state index contributed by atoms with van der Waals surface area (Å²) in [5.41, 5.74) is 0.956. The summed E-state index contributed by atoms with van der Waals surface area (Å²) >= 11 is 0. The van der Waals surface area contributed by atoms with Crippen LogP contribution in [0.5, 0.6) is 0 Å². The number of carbonyl (C=O) groups excluding carboxylic acids is 1. The summed E-state index contributed by atoms with van der Waals surface area (Å²) in [5.74, 6) is -0.441. The first kappa shape index (κ1) is 18.3. The van der Waals surface area contributed by atoms with Gasteiger partial charge in [-0.15, -0.1) is 0 Å². The van der Waals surface area contributed by atoms with Gasteiger partial charge in [0, 0.05) is 19.1 Å². The highest BCUT2D eigenvalue weighted by Crippen LogP contribution is 2.08. The van der Waals surface area contributed by atoms with Gasteiger partial charge in [-0.25, -0.2) is 4.79 Å². The second kappa shape index (κ2) is 9.24. The number of hydrogen-bond acceptors (Lipinski definition) is 5. The van der Waals surface area contributed by atoms with Crippen molar-refractivity contribution in [1.29, 1.82) is 0 Å². The number of ether oxygens (including phenoxy) is 1. The van der Waals surface area contributed by atoms with E-state index in [1.54, 1.807) is 12.1 Å². The summed E-state index contributed by atoms with van der Waals surface area (Å²) in [4.78, 5) is 10.2. The van der Waals surface area contributed by atoms with E-state index in [1.807, 2.05) is 6.92 Å². The summed E-state index contributed by atoms with van der Waals surface area (Å²) in [6, 6.07) is 5.99. The molecule has 0 bridgehead atoms. The molecule has 0 fully saturated rings. The Morgan fingerprint density at radius 2 is 1.90 bits per heavy atom. The van der Waals surface area contributed by atoms with Crippen molar-refractivity contribution in [2.24, 2.45) is 0 Å². The molecule has 0 saturated carbocycles. The van der Waals surface area contributed by atoms with E-state index in [9.17, 15) is 13.2 Å². The summed E-state index contributed by atoms with van der Waals surface area (Å²) in [6.45, 7) is 5.35. The van der Waals surface area contributed by atoms with Gasteiger partial charge in [0.2, 0.25) is 0 Å². The van der Waals surface area contributed by atoms with Crippen molar-refractivity contribution in [3.05, 3.63) is 42.5 Å². The molecule has 1 rings (SSSR count). The van der Waals surface area contributed by atoms with Crippen LogP contribution in [0.15, 0.2) is 41.8 Å². The van der Waals surface area contributed by atoms with Gasteiger partial charge in [-0.05, 0) is 19.1 Å². The second-order valence-corrected chi connectivity index (χ2v) is 5.16. The maximum Gasteiger partial charge on any atom is 0.330 e. The van der Waals surface area contributed by atoms with Crippen molar-refractivity contribution in [1.82, 2.24) is 0 Å². The number of esters is 1. The van der Waals surface area contributed by atoms with Crippen molar-refractivity contribution in [2.75, 3.05) is 13.2 Å². The molecule has 0 heterocycles. The molecular formula is C13H18O6S. The number of benzene rings is 1. The van der Waals surface area contributed by atoms with Gasteiger partial charge >= 0.3 is 5.97 Å². The highest BCUT2D eigenvalue weighted by molar-refractivity contribution is 7.85. The Morgan fingerprint density at radius 3 is 2.30 bits per heavy atom. The lowest BCUT2D eigenvalue weighted by molar-refractivity contribution is -0.137. The van der Waals surface area contributed by atoms with Gasteiger partial charge in [0.05, 0.1) is 11.5 Å². The third kappa shape index (κ3) is 8.41. The van der Waals surface area contributed by atoms with Crippen LogP contribution in [0.1, 0.15) is 12.0 Å². The monoisotopic (exact) mass is 302 g/mol. The molecule has 0 aliphatic rings. The van der Waals surface area contributed by atoms with E-state index in [0.29, 0.717) is 6.42 Å². The fraction of sp³-hybridized carbons (Fsp3) is 0.308. The Bertz CT molecular complexity index is 518. The molecular weight excluding hydrogens is 284 g/mol. The van der Waals surface area contributed by atoms with E-state index in [0.717, 1.165) is 11.6 Å². The minimum atomic E-state index is -4.02. The quantitative estimate of drug-likeness (QED) is 0.368. The fourth-order valence-corrected chi connectivity index (χ4v) is 1.49. The van der Waals surface area contributed by atoms with Gasteiger partial charge in [-0.3, -0.25) is 4.55 Å². The largest absolute Gasteiger partial charge is 0.462 e. The van der Waals surface area contributed by atoms with Gasteiger partial charge in [-0.1, -0.05) is 24.3 Å². The van der Waals surface area contributed by atoms with Crippen LogP contribution in [-0.4, -0.2) is 37.3 Å². The highest BCUT2D eigenvalue weighted by atomic mass is 32.2. The maximum absolute atomic E-state index is 10.5. The van der Waals surface area contributed by atoms with Crippen LogP contribution in [0.2, 0.25) is 0 Å². The van der Waals surface area contributed by atoms with Gasteiger partial charge in [0.1, 0.15) is 0 Å². The average Bonchev–Trinajstić information content (AvgIpc) is 2.39. The fourth-order valence-electron chi connectivity index (χ4n) is 1.01. The van der Waals surface area contributed by atoms with E-state index in [1.165, 1.54) is 12.1 Å². The van der Waals surface area contributed by atoms with Crippen LogP contribution < -0.4 is 0 Å². The van der Waals surface area contributed by atoms with E-state index >= 15 is 0 Å². The zero-order chi connectivity index (χ0) is 15.6. The minimum Gasteiger partial charge on any atom is -0.462 e. The Labute approximate surface area is 118 Å². The summed E-state index contributed by atoms with van der Waals surface area (Å²) < 4.78 is 34.1. The van der Waals surface area contributed by atoms with Crippen LogP contribution in [0.25, 0.3) is 0 Å². The molecule has 0 unspecified atom stereocenters. The van der Waals surface area contributed by atoms with Crippen molar-refractivity contribution < 1.29 is 27.6 Å². The lowest BCUT2D eigenvalue weighted by Crippen LogP contribution is -2.02. The zero-order valence-corrected chi connectivity index (χ0v) is 12.0. The average molecular weight is 302 g/mol. The van der Waals surface area contributed by atoms with Crippen molar-refractivity contribution in [3.8, 4) is 0 Å². The van der Waals surface area contributed by atoms with Gasteiger partial charge in [0.15, 0.2) is 0 Å². The van der Waals surface area contributed by atoms with Gasteiger partial charge in [0.25, 0.3) is 10.1 Å². The molecule has 0 atom stereocenters. The molecule has 20 heavy (non-hydrogen) atoms. The van der Waals surface area contributed by atoms with Crippen LogP contribution in [0.3, 0.4) is 0 Å². The molecule has 0 spiro atoms. The smallest absolute Gasteiger partial charge is 0.330 e. The first-order chi connectivity index (χ1) is 9.31. The first-order valence-electron chi connectivity index (χ1n) is 5.75. The van der Waals surface area contributed by atoms with Gasteiger partial charge < -0.3 is 9.84 Å². The normalized spacial score (nSPS) is 10.2. The molecule has 2 N–H and O–H groups in total. The number of aliphatic hydroxyl groups is 1. The summed E-state index contributed by atoms with van der Waals surface area (Å²) in [7, 11) is -4.02. The van der Waals surface area contributed by atoms with Crippen molar-refractivity contribution >= 4 is 16.1 Å². The molecule has 0 aromatic heterocycles. The van der Waals surface area contributed by atoms with Crippen LogP contribution in [0, 0.1) is 6.92 Å². The Balaban J connectivity index is 0.000000370. The number of carbonyl (C=O) groups is 1. The molecule has 6 nitrogen and oxygen atoms in total. The Hall–Kier alpha value is -1.70. The molecule has 0 aliphatic carbocycles. The van der Waals surface area contributed by atoms with Crippen molar-refractivity contribution in [2.45, 2.75) is 18.2 Å². The molecule has 1 aromatic rings.